The first-order valence-corrected chi connectivity index (χ1v) is 19.2. The van der Waals surface area contributed by atoms with Gasteiger partial charge < -0.3 is 43.7 Å². The van der Waals surface area contributed by atoms with Crippen molar-refractivity contribution in [1.29, 1.82) is 0 Å². The maximum Gasteiger partial charge on any atom is 0.264 e. The van der Waals surface area contributed by atoms with E-state index >= 15 is 0 Å². The number of hydrogen-bond donors (Lipinski definition) is 3. The van der Waals surface area contributed by atoms with Gasteiger partial charge in [-0.25, -0.2) is 0 Å². The minimum absolute atomic E-state index is 0.0971. The van der Waals surface area contributed by atoms with E-state index in [1.807, 2.05) is 27.7 Å². The predicted octanol–water partition coefficient (Wildman–Crippen LogP) is 3.31. The Hall–Kier alpha value is -0.710. The zero-order valence-electron chi connectivity index (χ0n) is 29.0. The molecule has 0 radical (unpaired) electrons. The number of rotatable bonds is 7. The number of aliphatic hydroxyl groups excluding tert-OH is 2. The van der Waals surface area contributed by atoms with Crippen molar-refractivity contribution in [2.24, 2.45) is 16.7 Å². The molecule has 0 aromatic heterocycles. The van der Waals surface area contributed by atoms with Crippen LogP contribution in [0.15, 0.2) is 11.1 Å². The maximum absolute atomic E-state index is 12.9. The average molecular weight is 689 g/mol. The van der Waals surface area contributed by atoms with Crippen molar-refractivity contribution >= 4 is 10.1 Å². The molecule has 2 bridgehead atoms. The van der Waals surface area contributed by atoms with Gasteiger partial charge in [-0.05, 0) is 83.3 Å². The molecule has 11 atom stereocenters. The van der Waals surface area contributed by atoms with Crippen LogP contribution in [0.25, 0.3) is 0 Å². The zero-order valence-corrected chi connectivity index (χ0v) is 29.8. The standard InChI is InChI=1S/C34H56O12S/c1-20-21(36)18-34(43-24-13-9-11-17-41-24)29(42-23-12-8-10-16-40-23)27-32(6,15-14-22(33(27,37)19-35)46-47(7,38)39)28-26(25(20)30(34,2)3)44-31(4,5)45-28/h21-24,26-29,35-37H,8-19H2,1-7H3/t21-,22-,23?,24?,26+,27-,28-,29-,32+,33-,34+/m0/s1. The van der Waals surface area contributed by atoms with Crippen LogP contribution in [0.5, 0.6) is 0 Å². The molecule has 0 aromatic rings. The van der Waals surface area contributed by atoms with Gasteiger partial charge in [-0.2, -0.15) is 8.42 Å². The summed E-state index contributed by atoms with van der Waals surface area (Å²) in [5, 5.41) is 36.1. The van der Waals surface area contributed by atoms with Gasteiger partial charge in [-0.15, -0.1) is 0 Å². The molecular weight excluding hydrogens is 632 g/mol. The third kappa shape index (κ3) is 6.07. The molecule has 2 unspecified atom stereocenters. The smallest absolute Gasteiger partial charge is 0.264 e. The molecule has 13 heteroatoms. The van der Waals surface area contributed by atoms with E-state index in [1.165, 1.54) is 0 Å². The highest BCUT2D eigenvalue weighted by Crippen LogP contribution is 2.66. The second-order valence-corrected chi connectivity index (χ2v) is 17.6. The Labute approximate surface area is 279 Å². The van der Waals surface area contributed by atoms with E-state index in [0.717, 1.165) is 43.1 Å². The Morgan fingerprint density at radius 1 is 0.936 bits per heavy atom. The highest BCUT2D eigenvalue weighted by molar-refractivity contribution is 7.86. The van der Waals surface area contributed by atoms with E-state index in [4.69, 9.17) is 32.6 Å². The van der Waals surface area contributed by atoms with Gasteiger partial charge in [0.25, 0.3) is 10.1 Å². The summed E-state index contributed by atoms with van der Waals surface area (Å²) in [6.07, 6.45) is 0.379. The lowest BCUT2D eigenvalue weighted by molar-refractivity contribution is -0.357. The number of fused-ring (bicyclic) bond motifs is 6. The molecule has 3 N–H and O–H groups in total. The van der Waals surface area contributed by atoms with Crippen molar-refractivity contribution in [3.63, 3.8) is 0 Å². The molecule has 0 aromatic carbocycles. The van der Waals surface area contributed by atoms with Crippen molar-refractivity contribution in [1.82, 2.24) is 0 Å². The maximum atomic E-state index is 12.9. The molecule has 3 saturated heterocycles. The number of ether oxygens (including phenoxy) is 6. The Morgan fingerprint density at radius 3 is 2.15 bits per heavy atom. The number of aliphatic hydroxyl groups is 3. The van der Waals surface area contributed by atoms with Gasteiger partial charge in [-0.3, -0.25) is 4.18 Å². The molecule has 5 fully saturated rings. The van der Waals surface area contributed by atoms with Crippen LogP contribution in [0.4, 0.5) is 0 Å². The highest BCUT2D eigenvalue weighted by atomic mass is 32.2. The SMILES string of the molecule is CC1=C2[C@H]3OC(C)(C)O[C@@H]3[C@]3(C)CC[C@H](OS(C)(=O)=O)[C@@](O)(CO)[C@H]3[C@H](OC3CCCCO3)[C@](OC3CCCCO3)(C[C@@H]1O)C2(C)C. The minimum atomic E-state index is -4.04. The van der Waals surface area contributed by atoms with Crippen molar-refractivity contribution in [2.45, 2.75) is 159 Å². The molecule has 0 spiro atoms. The lowest BCUT2D eigenvalue weighted by atomic mass is 9.45. The molecule has 2 saturated carbocycles. The molecule has 270 valence electrons. The Morgan fingerprint density at radius 2 is 1.57 bits per heavy atom. The van der Waals surface area contributed by atoms with Gasteiger partial charge in [0.05, 0.1) is 31.2 Å². The Bertz CT molecular complexity index is 1300. The first kappa shape index (κ1) is 36.1. The van der Waals surface area contributed by atoms with E-state index in [0.29, 0.717) is 32.5 Å². The largest absolute Gasteiger partial charge is 0.393 e. The molecule has 6 rings (SSSR count). The van der Waals surface area contributed by atoms with Gasteiger partial charge in [-0.1, -0.05) is 20.8 Å². The lowest BCUT2D eigenvalue weighted by Crippen LogP contribution is -2.77. The first-order chi connectivity index (χ1) is 21.9. The highest BCUT2D eigenvalue weighted by Gasteiger charge is 2.75. The van der Waals surface area contributed by atoms with Crippen LogP contribution >= 0.6 is 0 Å². The lowest BCUT2D eigenvalue weighted by Gasteiger charge is -2.67. The summed E-state index contributed by atoms with van der Waals surface area (Å²) < 4.78 is 71.1. The van der Waals surface area contributed by atoms with E-state index < -0.39 is 93.6 Å². The van der Waals surface area contributed by atoms with Crippen LogP contribution in [-0.4, -0.2) is 110 Å². The molecule has 3 heterocycles. The third-order valence-corrected chi connectivity index (χ3v) is 12.7. The van der Waals surface area contributed by atoms with Gasteiger partial charge in [0.1, 0.15) is 23.4 Å². The van der Waals surface area contributed by atoms with E-state index in [-0.39, 0.29) is 12.8 Å². The van der Waals surface area contributed by atoms with Crippen molar-refractivity contribution < 1.29 is 56.3 Å². The first-order valence-electron chi connectivity index (χ1n) is 17.4. The van der Waals surface area contributed by atoms with E-state index in [2.05, 4.69) is 13.8 Å². The summed E-state index contributed by atoms with van der Waals surface area (Å²) in [5.41, 5.74) is -3.77. The third-order valence-electron chi connectivity index (χ3n) is 12.2. The van der Waals surface area contributed by atoms with Crippen LogP contribution in [-0.2, 0) is 42.7 Å². The molecule has 6 aliphatic rings. The Balaban J connectivity index is 1.65. The quantitative estimate of drug-likeness (QED) is 0.265. The van der Waals surface area contributed by atoms with Crippen molar-refractivity contribution in [3.05, 3.63) is 11.1 Å². The Kier molecular flexibility index (Phi) is 9.60. The van der Waals surface area contributed by atoms with E-state index in [1.54, 1.807) is 0 Å². The summed E-state index contributed by atoms with van der Waals surface area (Å²) in [6, 6.07) is 0. The predicted molar refractivity (Wildman–Crippen MR) is 169 cm³/mol. The fourth-order valence-electron chi connectivity index (χ4n) is 9.93. The molecular formula is C34H56O12S. The van der Waals surface area contributed by atoms with Crippen molar-refractivity contribution in [3.8, 4) is 0 Å². The van der Waals surface area contributed by atoms with Crippen LogP contribution in [0.3, 0.4) is 0 Å². The van der Waals surface area contributed by atoms with Gasteiger partial charge in [0.15, 0.2) is 18.4 Å². The average Bonchev–Trinajstić information content (AvgIpc) is 3.32. The second kappa shape index (κ2) is 12.5. The van der Waals surface area contributed by atoms with Crippen molar-refractivity contribution in [2.75, 3.05) is 26.1 Å². The second-order valence-electron chi connectivity index (χ2n) is 16.0. The normalized spacial score (nSPS) is 46.7. The van der Waals surface area contributed by atoms with E-state index in [9.17, 15) is 23.7 Å². The van der Waals surface area contributed by atoms with Gasteiger partial charge in [0.2, 0.25) is 0 Å². The van der Waals surface area contributed by atoms with Gasteiger partial charge in [0, 0.05) is 36.4 Å². The summed E-state index contributed by atoms with van der Waals surface area (Å²) in [5.74, 6) is -2.07. The zero-order chi connectivity index (χ0) is 34.2. The summed E-state index contributed by atoms with van der Waals surface area (Å²) in [6.45, 7) is 11.9. The fraction of sp³-hybridized carbons (Fsp3) is 0.941. The minimum Gasteiger partial charge on any atom is -0.393 e. The van der Waals surface area contributed by atoms with Crippen LogP contribution in [0.2, 0.25) is 0 Å². The summed E-state index contributed by atoms with van der Waals surface area (Å²) >= 11 is 0. The van der Waals surface area contributed by atoms with Gasteiger partial charge >= 0.3 is 0 Å². The molecule has 3 aliphatic carbocycles. The van der Waals surface area contributed by atoms with Crippen LogP contribution < -0.4 is 0 Å². The van der Waals surface area contributed by atoms with Crippen LogP contribution in [0.1, 0.15) is 99.3 Å². The molecule has 3 aliphatic heterocycles. The molecule has 12 nitrogen and oxygen atoms in total. The monoisotopic (exact) mass is 688 g/mol. The summed E-state index contributed by atoms with van der Waals surface area (Å²) in [4.78, 5) is 0. The molecule has 47 heavy (non-hydrogen) atoms. The molecule has 0 amide bonds. The van der Waals surface area contributed by atoms with Crippen LogP contribution in [0, 0.1) is 16.7 Å². The number of hydrogen-bond acceptors (Lipinski definition) is 12. The topological polar surface area (TPSA) is 159 Å². The summed E-state index contributed by atoms with van der Waals surface area (Å²) in [7, 11) is -4.04. The fourth-order valence-corrected chi connectivity index (χ4v) is 10.6.